The van der Waals surface area contributed by atoms with E-state index < -0.39 is 21.5 Å². The number of methoxy groups -OCH3 is 1. The lowest BCUT2D eigenvalue weighted by Gasteiger charge is -2.23. The molecule has 196 valence electrons. The molecule has 5 rings (SSSR count). The Hall–Kier alpha value is -3.44. The molecule has 10 nitrogen and oxygen atoms in total. The van der Waals surface area contributed by atoms with Crippen molar-refractivity contribution in [2.45, 2.75) is 36.7 Å². The lowest BCUT2D eigenvalue weighted by molar-refractivity contribution is 0.0960. The third-order valence-electron chi connectivity index (χ3n) is 6.76. The highest BCUT2D eigenvalue weighted by molar-refractivity contribution is 7.91. The van der Waals surface area contributed by atoms with E-state index in [1.165, 1.54) is 0 Å². The fraction of sp³-hybridized carbons (Fsp3) is 0.423. The Balaban J connectivity index is 1.41. The molecule has 0 unspecified atom stereocenters. The van der Waals surface area contributed by atoms with Crippen molar-refractivity contribution in [2.75, 3.05) is 49.4 Å². The third-order valence-corrected chi connectivity index (χ3v) is 8.55. The van der Waals surface area contributed by atoms with E-state index in [4.69, 9.17) is 19.4 Å². The first-order valence-corrected chi connectivity index (χ1v) is 14.0. The molecular weight excluding hydrogens is 494 g/mol. The Kier molecular flexibility index (Phi) is 6.91. The van der Waals surface area contributed by atoms with Gasteiger partial charge in [-0.1, -0.05) is 29.8 Å². The SMILES string of the molecule is COCCOC(=O)NC1(CNc2nc(N3CCS(=O)(=O)c4ccccc4C3)nc3ccc(C)cc23)CC1. The second-order valence-electron chi connectivity index (χ2n) is 9.63. The van der Waals surface area contributed by atoms with Crippen LogP contribution in [-0.4, -0.2) is 69.2 Å². The minimum absolute atomic E-state index is 0.0136. The number of rotatable bonds is 8. The number of fused-ring (bicyclic) bond motifs is 2. The highest BCUT2D eigenvalue weighted by atomic mass is 32.2. The molecule has 0 atom stereocenters. The molecule has 0 radical (unpaired) electrons. The number of sulfone groups is 1. The van der Waals surface area contributed by atoms with Crippen LogP contribution in [0, 0.1) is 6.92 Å². The van der Waals surface area contributed by atoms with Crippen molar-refractivity contribution in [3.05, 3.63) is 53.6 Å². The Bertz CT molecular complexity index is 1420. The van der Waals surface area contributed by atoms with Crippen molar-refractivity contribution in [1.29, 1.82) is 0 Å². The predicted octanol–water partition coefficient (Wildman–Crippen LogP) is 3.05. The molecule has 1 aliphatic heterocycles. The summed E-state index contributed by atoms with van der Waals surface area (Å²) in [4.78, 5) is 24.1. The van der Waals surface area contributed by atoms with Crippen LogP contribution in [0.25, 0.3) is 10.9 Å². The van der Waals surface area contributed by atoms with E-state index in [1.54, 1.807) is 19.2 Å². The van der Waals surface area contributed by atoms with Gasteiger partial charge in [-0.2, -0.15) is 4.98 Å². The van der Waals surface area contributed by atoms with Crippen molar-refractivity contribution in [3.63, 3.8) is 0 Å². The molecule has 0 spiro atoms. The molecule has 1 aromatic heterocycles. The number of anilines is 2. The van der Waals surface area contributed by atoms with E-state index in [0.717, 1.165) is 34.9 Å². The second kappa shape index (κ2) is 10.1. The summed E-state index contributed by atoms with van der Waals surface area (Å²) < 4.78 is 35.8. The number of hydrogen-bond acceptors (Lipinski definition) is 9. The molecule has 1 amide bonds. The molecule has 2 aromatic carbocycles. The number of ether oxygens (including phenoxy) is 2. The van der Waals surface area contributed by atoms with Crippen LogP contribution in [0.4, 0.5) is 16.6 Å². The van der Waals surface area contributed by atoms with Crippen LogP contribution in [-0.2, 0) is 25.9 Å². The van der Waals surface area contributed by atoms with E-state index in [1.807, 2.05) is 42.2 Å². The zero-order valence-corrected chi connectivity index (χ0v) is 21.8. The maximum atomic E-state index is 12.8. The van der Waals surface area contributed by atoms with Gasteiger partial charge in [-0.25, -0.2) is 18.2 Å². The van der Waals surface area contributed by atoms with Crippen LogP contribution in [0.2, 0.25) is 0 Å². The first-order valence-electron chi connectivity index (χ1n) is 12.3. The zero-order chi connectivity index (χ0) is 26.0. The van der Waals surface area contributed by atoms with Gasteiger partial charge in [-0.15, -0.1) is 0 Å². The van der Waals surface area contributed by atoms with Gasteiger partial charge in [0.2, 0.25) is 5.95 Å². The number of nitrogens with zero attached hydrogens (tertiary/aromatic N) is 3. The lowest BCUT2D eigenvalue weighted by atomic mass is 10.1. The molecular formula is C26H31N5O5S. The van der Waals surface area contributed by atoms with Gasteiger partial charge in [0.25, 0.3) is 0 Å². The predicted molar refractivity (Wildman–Crippen MR) is 141 cm³/mol. The number of alkyl carbamates (subject to hydrolysis) is 1. The summed E-state index contributed by atoms with van der Waals surface area (Å²) in [5, 5.41) is 7.26. The fourth-order valence-electron chi connectivity index (χ4n) is 4.46. The van der Waals surface area contributed by atoms with E-state index in [9.17, 15) is 13.2 Å². The number of carbonyl (C=O) groups is 1. The van der Waals surface area contributed by atoms with Gasteiger partial charge in [-0.3, -0.25) is 0 Å². The molecule has 3 aromatic rings. The molecule has 1 saturated carbocycles. The van der Waals surface area contributed by atoms with Gasteiger partial charge < -0.3 is 25.0 Å². The minimum Gasteiger partial charge on any atom is -0.447 e. The van der Waals surface area contributed by atoms with Crippen LogP contribution in [0.15, 0.2) is 47.4 Å². The minimum atomic E-state index is -3.39. The summed E-state index contributed by atoms with van der Waals surface area (Å²) in [7, 11) is -1.84. The summed E-state index contributed by atoms with van der Waals surface area (Å²) in [5.41, 5.74) is 2.16. The Morgan fingerprint density at radius 1 is 1.14 bits per heavy atom. The van der Waals surface area contributed by atoms with Crippen molar-refractivity contribution in [2.24, 2.45) is 0 Å². The van der Waals surface area contributed by atoms with Gasteiger partial charge in [-0.05, 0) is 43.5 Å². The van der Waals surface area contributed by atoms with Gasteiger partial charge in [0, 0.05) is 32.1 Å². The first kappa shape index (κ1) is 25.2. The first-order chi connectivity index (χ1) is 17.8. The van der Waals surface area contributed by atoms with Crippen molar-refractivity contribution in [1.82, 2.24) is 15.3 Å². The van der Waals surface area contributed by atoms with Gasteiger partial charge in [0.15, 0.2) is 9.84 Å². The molecule has 0 saturated heterocycles. The van der Waals surface area contributed by atoms with Gasteiger partial charge >= 0.3 is 6.09 Å². The van der Waals surface area contributed by atoms with Crippen molar-refractivity contribution >= 4 is 38.6 Å². The topological polar surface area (TPSA) is 123 Å². The molecule has 0 bridgehead atoms. The summed E-state index contributed by atoms with van der Waals surface area (Å²) >= 11 is 0. The normalized spacial score (nSPS) is 17.5. The standard InChI is InChI=1S/C26H31N5O5S/c1-18-7-8-21-20(15-18)23(27-17-26(9-10-26)30-25(32)36-13-12-35-2)29-24(28-21)31-11-14-37(33,34)22-6-4-3-5-19(22)16-31/h3-8,15H,9-14,16-17H2,1-2H3,(H,30,32)(H,27,28,29). The van der Waals surface area contributed by atoms with E-state index in [0.29, 0.717) is 36.4 Å². The number of carbonyl (C=O) groups excluding carboxylic acids is 1. The Morgan fingerprint density at radius 2 is 1.95 bits per heavy atom. The third kappa shape index (κ3) is 5.62. The van der Waals surface area contributed by atoms with Crippen LogP contribution in [0.1, 0.15) is 24.0 Å². The second-order valence-corrected chi connectivity index (χ2v) is 11.7. The summed E-state index contributed by atoms with van der Waals surface area (Å²) in [5.74, 6) is 1.09. The maximum Gasteiger partial charge on any atom is 0.407 e. The number of amides is 1. The largest absolute Gasteiger partial charge is 0.447 e. The molecule has 2 heterocycles. The number of hydrogen-bond donors (Lipinski definition) is 2. The molecule has 1 fully saturated rings. The van der Waals surface area contributed by atoms with Crippen LogP contribution in [0.5, 0.6) is 0 Å². The number of benzene rings is 2. The number of aryl methyl sites for hydroxylation is 1. The smallest absolute Gasteiger partial charge is 0.407 e. The fourth-order valence-corrected chi connectivity index (χ4v) is 5.96. The monoisotopic (exact) mass is 525 g/mol. The van der Waals surface area contributed by atoms with Crippen molar-refractivity contribution < 1.29 is 22.7 Å². The van der Waals surface area contributed by atoms with Gasteiger partial charge in [0.05, 0.1) is 28.3 Å². The molecule has 1 aliphatic carbocycles. The summed E-state index contributed by atoms with van der Waals surface area (Å²) in [6.45, 7) is 3.70. The highest BCUT2D eigenvalue weighted by Gasteiger charge is 2.44. The highest BCUT2D eigenvalue weighted by Crippen LogP contribution is 2.36. The quantitative estimate of drug-likeness (QED) is 0.427. The average Bonchev–Trinajstić information content (AvgIpc) is 3.66. The number of nitrogens with one attached hydrogen (secondary N) is 2. The van der Waals surface area contributed by atoms with Crippen molar-refractivity contribution in [3.8, 4) is 0 Å². The van der Waals surface area contributed by atoms with Gasteiger partial charge in [0.1, 0.15) is 12.4 Å². The molecule has 11 heteroatoms. The Labute approximate surface area is 216 Å². The maximum absolute atomic E-state index is 12.8. The molecule has 37 heavy (non-hydrogen) atoms. The van der Waals surface area contributed by atoms with E-state index in [-0.39, 0.29) is 18.9 Å². The number of aromatic nitrogens is 2. The summed E-state index contributed by atoms with van der Waals surface area (Å²) in [6, 6.07) is 13.0. The summed E-state index contributed by atoms with van der Waals surface area (Å²) in [6.07, 6.45) is 1.19. The van der Waals surface area contributed by atoms with Crippen LogP contribution in [0.3, 0.4) is 0 Å². The van der Waals surface area contributed by atoms with E-state index >= 15 is 0 Å². The Morgan fingerprint density at radius 3 is 2.73 bits per heavy atom. The van der Waals surface area contributed by atoms with E-state index in [2.05, 4.69) is 10.6 Å². The molecule has 2 N–H and O–H groups in total. The zero-order valence-electron chi connectivity index (χ0n) is 21.0. The van der Waals surface area contributed by atoms with Crippen LogP contribution < -0.4 is 15.5 Å². The average molecular weight is 526 g/mol. The van der Waals surface area contributed by atoms with Crippen LogP contribution >= 0.6 is 0 Å². The molecule has 2 aliphatic rings. The lowest BCUT2D eigenvalue weighted by Crippen LogP contribution is -2.42.